The Hall–Kier alpha value is -1.07. The maximum absolute atomic E-state index is 11.1. The predicted octanol–water partition coefficient (Wildman–Crippen LogP) is 1.65. The molecule has 0 aliphatic carbocycles. The van der Waals surface area contributed by atoms with Crippen molar-refractivity contribution in [2.45, 2.75) is 30.0 Å². The molecule has 16 heavy (non-hydrogen) atoms. The molecule has 1 aromatic heterocycles. The van der Waals surface area contributed by atoms with Gasteiger partial charge in [0.1, 0.15) is 6.04 Å². The van der Waals surface area contributed by atoms with Crippen molar-refractivity contribution in [3.63, 3.8) is 0 Å². The lowest BCUT2D eigenvalue weighted by atomic mass is 10.0. The Morgan fingerprint density at radius 1 is 1.62 bits per heavy atom. The van der Waals surface area contributed by atoms with Crippen molar-refractivity contribution < 1.29 is 9.90 Å². The first-order chi connectivity index (χ1) is 7.50. The van der Waals surface area contributed by atoms with Crippen LogP contribution in [0.3, 0.4) is 0 Å². The van der Waals surface area contributed by atoms with Gasteiger partial charge < -0.3 is 5.11 Å². The van der Waals surface area contributed by atoms with E-state index in [0.717, 1.165) is 5.56 Å². The molecule has 5 heteroatoms. The van der Waals surface area contributed by atoms with Crippen molar-refractivity contribution >= 4 is 17.7 Å². The van der Waals surface area contributed by atoms with E-state index < -0.39 is 12.0 Å². The van der Waals surface area contributed by atoms with Crippen LogP contribution in [0.5, 0.6) is 0 Å². The van der Waals surface area contributed by atoms with Crippen LogP contribution in [0, 0.1) is 0 Å². The Morgan fingerprint density at radius 3 is 2.88 bits per heavy atom. The van der Waals surface area contributed by atoms with Crippen molar-refractivity contribution in [2.24, 2.45) is 0 Å². The highest BCUT2D eigenvalue weighted by atomic mass is 32.2. The molecule has 1 aliphatic rings. The summed E-state index contributed by atoms with van der Waals surface area (Å²) in [4.78, 5) is 15.1. The van der Waals surface area contributed by atoms with Crippen LogP contribution < -0.4 is 5.32 Å². The number of aliphatic carboxylic acids is 1. The summed E-state index contributed by atoms with van der Waals surface area (Å²) in [5.74, 6) is -0.802. The number of pyridine rings is 1. The molecule has 1 aliphatic heterocycles. The Balaban J connectivity index is 2.21. The third-order valence-electron chi connectivity index (χ3n) is 2.67. The first-order valence-corrected chi connectivity index (χ1v) is 5.95. The summed E-state index contributed by atoms with van der Waals surface area (Å²) in [6, 6.07) is 3.29. The molecular formula is C11H14N2O2S. The number of rotatable bonds is 2. The molecule has 2 N–H and O–H groups in total. The van der Waals surface area contributed by atoms with E-state index in [-0.39, 0.29) is 10.1 Å². The number of nitrogens with one attached hydrogen (secondary N) is 1. The van der Waals surface area contributed by atoms with E-state index in [4.69, 9.17) is 5.11 Å². The van der Waals surface area contributed by atoms with Crippen molar-refractivity contribution in [3.8, 4) is 0 Å². The van der Waals surface area contributed by atoms with Crippen LogP contribution in [0.1, 0.15) is 24.8 Å². The number of hydrogen-bond acceptors (Lipinski definition) is 4. The Bertz CT molecular complexity index is 394. The highest BCUT2D eigenvalue weighted by Gasteiger charge is 2.45. The molecular weight excluding hydrogens is 224 g/mol. The number of thioether (sulfide) groups is 1. The molecule has 4 nitrogen and oxygen atoms in total. The predicted molar refractivity (Wildman–Crippen MR) is 63.2 cm³/mol. The van der Waals surface area contributed by atoms with Gasteiger partial charge in [0.05, 0.1) is 5.37 Å². The standard InChI is InChI=1S/C11H14N2O2S/c1-11(2)8(10(14)15)13-9(16-11)7-4-3-5-12-6-7/h3-6,8-9,13H,1-2H3,(H,14,15). The summed E-state index contributed by atoms with van der Waals surface area (Å²) in [5, 5.41) is 12.2. The van der Waals surface area contributed by atoms with E-state index >= 15 is 0 Å². The molecule has 0 radical (unpaired) electrons. The quantitative estimate of drug-likeness (QED) is 0.820. The highest BCUT2D eigenvalue weighted by Crippen LogP contribution is 2.45. The van der Waals surface area contributed by atoms with Crippen molar-refractivity contribution in [3.05, 3.63) is 30.1 Å². The largest absolute Gasteiger partial charge is 0.480 e. The summed E-state index contributed by atoms with van der Waals surface area (Å²) in [7, 11) is 0. The van der Waals surface area contributed by atoms with Crippen LogP contribution in [-0.2, 0) is 4.79 Å². The fourth-order valence-electron chi connectivity index (χ4n) is 1.82. The van der Waals surface area contributed by atoms with Gasteiger partial charge in [-0.1, -0.05) is 6.07 Å². The molecule has 1 saturated heterocycles. The van der Waals surface area contributed by atoms with Gasteiger partial charge in [0.25, 0.3) is 0 Å². The number of carbonyl (C=O) groups is 1. The van der Waals surface area contributed by atoms with Gasteiger partial charge in [0, 0.05) is 17.1 Å². The van der Waals surface area contributed by atoms with Crippen LogP contribution >= 0.6 is 11.8 Å². The lowest BCUT2D eigenvalue weighted by molar-refractivity contribution is -0.139. The van der Waals surface area contributed by atoms with Crippen LogP contribution in [0.15, 0.2) is 24.5 Å². The van der Waals surface area contributed by atoms with E-state index in [2.05, 4.69) is 10.3 Å². The summed E-state index contributed by atoms with van der Waals surface area (Å²) in [6.45, 7) is 3.89. The van der Waals surface area contributed by atoms with Gasteiger partial charge in [-0.05, 0) is 25.5 Å². The summed E-state index contributed by atoms with van der Waals surface area (Å²) in [5.41, 5.74) is 1.02. The van der Waals surface area contributed by atoms with Crippen LogP contribution in [0.25, 0.3) is 0 Å². The average molecular weight is 238 g/mol. The van der Waals surface area contributed by atoms with Crippen molar-refractivity contribution in [2.75, 3.05) is 0 Å². The van der Waals surface area contributed by atoms with E-state index in [1.807, 2.05) is 26.0 Å². The molecule has 1 fully saturated rings. The molecule has 0 saturated carbocycles. The molecule has 2 heterocycles. The van der Waals surface area contributed by atoms with Gasteiger partial charge in [0.2, 0.25) is 0 Å². The van der Waals surface area contributed by atoms with Crippen LogP contribution in [0.4, 0.5) is 0 Å². The molecule has 2 rings (SSSR count). The maximum Gasteiger partial charge on any atom is 0.322 e. The van der Waals surface area contributed by atoms with Crippen molar-refractivity contribution in [1.29, 1.82) is 0 Å². The Labute approximate surface area is 98.5 Å². The van der Waals surface area contributed by atoms with Gasteiger partial charge in [-0.25, -0.2) is 0 Å². The number of hydrogen-bond donors (Lipinski definition) is 2. The number of nitrogens with zero attached hydrogens (tertiary/aromatic N) is 1. The van der Waals surface area contributed by atoms with Gasteiger partial charge in [-0.15, -0.1) is 11.8 Å². The minimum atomic E-state index is -0.802. The van der Waals surface area contributed by atoms with Gasteiger partial charge >= 0.3 is 5.97 Å². The zero-order valence-corrected chi connectivity index (χ0v) is 9.99. The monoisotopic (exact) mass is 238 g/mol. The number of aromatic nitrogens is 1. The van der Waals surface area contributed by atoms with Crippen LogP contribution in [-0.4, -0.2) is 26.8 Å². The first kappa shape index (κ1) is 11.4. The smallest absolute Gasteiger partial charge is 0.322 e. The average Bonchev–Trinajstić information content (AvgIpc) is 2.56. The third kappa shape index (κ3) is 2.05. The zero-order valence-electron chi connectivity index (χ0n) is 9.18. The van der Waals surface area contributed by atoms with Crippen molar-refractivity contribution in [1.82, 2.24) is 10.3 Å². The minimum Gasteiger partial charge on any atom is -0.480 e. The van der Waals surface area contributed by atoms with E-state index in [0.29, 0.717) is 0 Å². The molecule has 0 spiro atoms. The highest BCUT2D eigenvalue weighted by molar-refractivity contribution is 8.01. The van der Waals surface area contributed by atoms with E-state index in [1.165, 1.54) is 0 Å². The molecule has 2 atom stereocenters. The molecule has 2 unspecified atom stereocenters. The number of carboxylic acids is 1. The van der Waals surface area contributed by atoms with Gasteiger partial charge in [-0.2, -0.15) is 0 Å². The lowest BCUT2D eigenvalue weighted by Gasteiger charge is -2.20. The Kier molecular flexibility index (Phi) is 2.90. The maximum atomic E-state index is 11.1. The molecule has 0 amide bonds. The summed E-state index contributed by atoms with van der Waals surface area (Å²) in [6.07, 6.45) is 3.48. The van der Waals surface area contributed by atoms with Gasteiger partial charge in [0.15, 0.2) is 0 Å². The normalized spacial score (nSPS) is 27.9. The van der Waals surface area contributed by atoms with Crippen LogP contribution in [0.2, 0.25) is 0 Å². The summed E-state index contributed by atoms with van der Waals surface area (Å²) < 4.78 is -0.313. The second kappa shape index (κ2) is 4.07. The third-order valence-corrected chi connectivity index (χ3v) is 4.16. The fourth-order valence-corrected chi connectivity index (χ4v) is 3.21. The Morgan fingerprint density at radius 2 is 2.38 bits per heavy atom. The minimum absolute atomic E-state index is 0.00444. The first-order valence-electron chi connectivity index (χ1n) is 5.07. The second-order valence-electron chi connectivity index (χ2n) is 4.33. The molecule has 86 valence electrons. The SMILES string of the molecule is CC1(C)SC(c2cccnc2)NC1C(=O)O. The molecule has 1 aromatic rings. The van der Waals surface area contributed by atoms with Gasteiger partial charge in [-0.3, -0.25) is 15.1 Å². The van der Waals surface area contributed by atoms with E-state index in [1.54, 1.807) is 24.2 Å². The fraction of sp³-hybridized carbons (Fsp3) is 0.455. The second-order valence-corrected chi connectivity index (χ2v) is 6.08. The molecule has 0 bridgehead atoms. The number of carboxylic acid groups (broad SMARTS) is 1. The zero-order chi connectivity index (χ0) is 11.8. The van der Waals surface area contributed by atoms with E-state index in [9.17, 15) is 4.79 Å². The topological polar surface area (TPSA) is 62.2 Å². The molecule has 0 aromatic carbocycles. The summed E-state index contributed by atoms with van der Waals surface area (Å²) >= 11 is 1.63. The lowest BCUT2D eigenvalue weighted by Crippen LogP contribution is -2.43.